The first-order valence-corrected chi connectivity index (χ1v) is 7.90. The van der Waals surface area contributed by atoms with Gasteiger partial charge in [-0.2, -0.15) is 0 Å². The van der Waals surface area contributed by atoms with E-state index >= 15 is 0 Å². The van der Waals surface area contributed by atoms with Crippen LogP contribution in [0.15, 0.2) is 54.6 Å². The first kappa shape index (κ1) is 18.3. The van der Waals surface area contributed by atoms with Crippen molar-refractivity contribution in [2.24, 2.45) is 0 Å². The zero-order valence-electron chi connectivity index (χ0n) is 13.8. The summed E-state index contributed by atoms with van der Waals surface area (Å²) in [6, 6.07) is 13.3. The highest BCUT2D eigenvalue weighted by Gasteiger charge is 2.17. The molecule has 5 nitrogen and oxygen atoms in total. The number of ketones is 1. The molecule has 0 bridgehead atoms. The lowest BCUT2D eigenvalue weighted by atomic mass is 10.1. The van der Waals surface area contributed by atoms with Crippen molar-refractivity contribution in [3.63, 3.8) is 0 Å². The molecule has 2 aromatic carbocycles. The number of rotatable bonds is 7. The average molecular weight is 342 g/mol. The van der Waals surface area contributed by atoms with E-state index in [1.54, 1.807) is 37.3 Å². The van der Waals surface area contributed by atoms with Gasteiger partial charge >= 0.3 is 0 Å². The van der Waals surface area contributed by atoms with Gasteiger partial charge in [0, 0.05) is 24.1 Å². The Labute approximate surface area is 145 Å². The number of halogens is 1. The lowest BCUT2D eigenvalue weighted by Crippen LogP contribution is -2.38. The van der Waals surface area contributed by atoms with E-state index in [1.807, 2.05) is 0 Å². The molecule has 0 heterocycles. The highest BCUT2D eigenvalue weighted by Crippen LogP contribution is 2.09. The van der Waals surface area contributed by atoms with Crippen LogP contribution in [0.5, 0.6) is 0 Å². The highest BCUT2D eigenvalue weighted by atomic mass is 19.1. The largest absolute Gasteiger partial charge is 0.346 e. The third-order valence-electron chi connectivity index (χ3n) is 3.54. The number of Topliss-reactive ketones (excluding diaryl/α,β-unsaturated/α-hetero) is 1. The molecule has 0 saturated heterocycles. The topological polar surface area (TPSA) is 75.3 Å². The van der Waals surface area contributed by atoms with Gasteiger partial charge in [-0.1, -0.05) is 30.3 Å². The predicted molar refractivity (Wildman–Crippen MR) is 92.6 cm³/mol. The monoisotopic (exact) mass is 342 g/mol. The van der Waals surface area contributed by atoms with Crippen LogP contribution >= 0.6 is 0 Å². The maximum atomic E-state index is 12.8. The molecule has 1 unspecified atom stereocenters. The third-order valence-corrected chi connectivity index (χ3v) is 3.54. The Bertz CT molecular complexity index is 745. The van der Waals surface area contributed by atoms with Crippen molar-refractivity contribution in [3.05, 3.63) is 66.0 Å². The number of carbonyl (C=O) groups is 3. The van der Waals surface area contributed by atoms with Gasteiger partial charge in [-0.3, -0.25) is 14.4 Å². The second-order valence-corrected chi connectivity index (χ2v) is 5.57. The lowest BCUT2D eigenvalue weighted by Gasteiger charge is -2.13. The second-order valence-electron chi connectivity index (χ2n) is 5.57. The van der Waals surface area contributed by atoms with Gasteiger partial charge in [0.25, 0.3) is 0 Å². The van der Waals surface area contributed by atoms with Gasteiger partial charge in [0.2, 0.25) is 11.8 Å². The predicted octanol–water partition coefficient (Wildman–Crippen LogP) is 2.93. The molecule has 0 aromatic heterocycles. The molecule has 1 atom stereocenters. The van der Waals surface area contributed by atoms with Gasteiger partial charge < -0.3 is 10.6 Å². The average Bonchev–Trinajstić information content (AvgIpc) is 2.62. The summed E-state index contributed by atoms with van der Waals surface area (Å²) < 4.78 is 12.8. The standard InChI is InChI=1S/C19H19FN2O3/c1-13(19(25)14-5-3-2-4-6-14)21-17(23)11-12-18(24)22-16-9-7-15(20)8-10-16/h2-10,13H,11-12H2,1H3,(H,21,23)(H,22,24). The zero-order chi connectivity index (χ0) is 18.2. The number of anilines is 1. The molecule has 0 radical (unpaired) electrons. The first-order chi connectivity index (χ1) is 12.0. The molecule has 0 aliphatic heterocycles. The molecule has 2 amide bonds. The van der Waals surface area contributed by atoms with E-state index in [-0.39, 0.29) is 30.4 Å². The Kier molecular flexibility index (Phi) is 6.39. The van der Waals surface area contributed by atoms with Crippen LogP contribution in [-0.2, 0) is 9.59 Å². The number of hydrogen-bond acceptors (Lipinski definition) is 3. The highest BCUT2D eigenvalue weighted by molar-refractivity contribution is 6.02. The maximum Gasteiger partial charge on any atom is 0.224 e. The quantitative estimate of drug-likeness (QED) is 0.760. The lowest BCUT2D eigenvalue weighted by molar-refractivity contribution is -0.124. The normalized spacial score (nSPS) is 11.4. The Hall–Kier alpha value is -3.02. The van der Waals surface area contributed by atoms with Crippen LogP contribution in [-0.4, -0.2) is 23.6 Å². The second kappa shape index (κ2) is 8.73. The summed E-state index contributed by atoms with van der Waals surface area (Å²) in [6.07, 6.45) is -0.0745. The molecule has 0 aliphatic rings. The summed E-state index contributed by atoms with van der Waals surface area (Å²) in [6.45, 7) is 1.60. The van der Waals surface area contributed by atoms with E-state index in [1.165, 1.54) is 24.3 Å². The molecule has 2 N–H and O–H groups in total. The van der Waals surface area contributed by atoms with Gasteiger partial charge in [0.15, 0.2) is 5.78 Å². The number of amides is 2. The fourth-order valence-corrected chi connectivity index (χ4v) is 2.22. The zero-order valence-corrected chi connectivity index (χ0v) is 13.8. The van der Waals surface area contributed by atoms with Gasteiger partial charge in [-0.05, 0) is 31.2 Å². The molecular formula is C19H19FN2O3. The van der Waals surface area contributed by atoms with E-state index in [0.717, 1.165) is 0 Å². The van der Waals surface area contributed by atoms with Crippen LogP contribution in [0.25, 0.3) is 0 Å². The Morgan fingerprint density at radius 3 is 2.16 bits per heavy atom. The van der Waals surface area contributed by atoms with Crippen LogP contribution in [0.1, 0.15) is 30.1 Å². The van der Waals surface area contributed by atoms with Crippen molar-refractivity contribution < 1.29 is 18.8 Å². The van der Waals surface area contributed by atoms with E-state index in [9.17, 15) is 18.8 Å². The summed E-state index contributed by atoms with van der Waals surface area (Å²) in [7, 11) is 0. The fraction of sp³-hybridized carbons (Fsp3) is 0.211. The fourth-order valence-electron chi connectivity index (χ4n) is 2.22. The van der Waals surface area contributed by atoms with Crippen LogP contribution < -0.4 is 10.6 Å². The van der Waals surface area contributed by atoms with Crippen molar-refractivity contribution in [1.29, 1.82) is 0 Å². The van der Waals surface area contributed by atoms with Crippen LogP contribution in [0.4, 0.5) is 10.1 Å². The molecular weight excluding hydrogens is 323 g/mol. The van der Waals surface area contributed by atoms with E-state index in [2.05, 4.69) is 10.6 Å². The minimum Gasteiger partial charge on any atom is -0.346 e. The van der Waals surface area contributed by atoms with Crippen LogP contribution in [0.3, 0.4) is 0 Å². The Morgan fingerprint density at radius 1 is 0.920 bits per heavy atom. The summed E-state index contributed by atoms with van der Waals surface area (Å²) >= 11 is 0. The van der Waals surface area contributed by atoms with Crippen LogP contribution in [0.2, 0.25) is 0 Å². The summed E-state index contributed by atoms with van der Waals surface area (Å²) in [5, 5.41) is 5.16. The molecule has 0 saturated carbocycles. The molecule has 0 aliphatic carbocycles. The summed E-state index contributed by atoms with van der Waals surface area (Å²) in [4.78, 5) is 35.9. The summed E-state index contributed by atoms with van der Waals surface area (Å²) in [5.41, 5.74) is 0.976. The molecule has 0 fully saturated rings. The van der Waals surface area contributed by atoms with Crippen molar-refractivity contribution in [3.8, 4) is 0 Å². The molecule has 25 heavy (non-hydrogen) atoms. The minimum atomic E-state index is -0.671. The molecule has 130 valence electrons. The number of benzene rings is 2. The van der Waals surface area contributed by atoms with Gasteiger partial charge in [-0.25, -0.2) is 4.39 Å². The Morgan fingerprint density at radius 2 is 1.52 bits per heavy atom. The third kappa shape index (κ3) is 5.84. The van der Waals surface area contributed by atoms with Crippen molar-refractivity contribution in [1.82, 2.24) is 5.32 Å². The molecule has 0 spiro atoms. The SMILES string of the molecule is CC(NC(=O)CCC(=O)Nc1ccc(F)cc1)C(=O)c1ccccc1. The van der Waals surface area contributed by atoms with Crippen LogP contribution in [0, 0.1) is 5.82 Å². The molecule has 2 aromatic rings. The Balaban J connectivity index is 1.77. The van der Waals surface area contributed by atoms with Crippen molar-refractivity contribution in [2.45, 2.75) is 25.8 Å². The number of carbonyl (C=O) groups excluding carboxylic acids is 3. The minimum absolute atomic E-state index is 0.0323. The molecule has 6 heteroatoms. The van der Waals surface area contributed by atoms with Gasteiger partial charge in [0.05, 0.1) is 6.04 Å². The first-order valence-electron chi connectivity index (χ1n) is 7.90. The summed E-state index contributed by atoms with van der Waals surface area (Å²) in [5.74, 6) is -1.33. The molecule has 2 rings (SSSR count). The smallest absolute Gasteiger partial charge is 0.224 e. The van der Waals surface area contributed by atoms with E-state index in [4.69, 9.17) is 0 Å². The number of hydrogen-bond donors (Lipinski definition) is 2. The maximum absolute atomic E-state index is 12.8. The van der Waals surface area contributed by atoms with Crippen molar-refractivity contribution in [2.75, 3.05) is 5.32 Å². The van der Waals surface area contributed by atoms with E-state index in [0.29, 0.717) is 11.3 Å². The van der Waals surface area contributed by atoms with E-state index < -0.39 is 11.9 Å². The number of nitrogens with one attached hydrogen (secondary N) is 2. The van der Waals surface area contributed by atoms with Gasteiger partial charge in [0.1, 0.15) is 5.82 Å². The van der Waals surface area contributed by atoms with Crippen molar-refractivity contribution >= 4 is 23.3 Å². The van der Waals surface area contributed by atoms with Gasteiger partial charge in [-0.15, -0.1) is 0 Å².